The number of H-pyrrole nitrogens is 1. The van der Waals surface area contributed by atoms with Gasteiger partial charge in [0.15, 0.2) is 5.65 Å². The predicted molar refractivity (Wildman–Crippen MR) is 169 cm³/mol. The van der Waals surface area contributed by atoms with Crippen molar-refractivity contribution < 1.29 is 9.26 Å². The lowest BCUT2D eigenvalue weighted by Crippen LogP contribution is -2.46. The van der Waals surface area contributed by atoms with Crippen molar-refractivity contribution >= 4 is 28.7 Å². The lowest BCUT2D eigenvalue weighted by molar-refractivity contribution is 0.0470. The highest BCUT2D eigenvalue weighted by molar-refractivity contribution is 6.30. The highest BCUT2D eigenvalue weighted by Crippen LogP contribution is 2.39. The third-order valence-corrected chi connectivity index (χ3v) is 8.76. The number of aromatic nitrogens is 7. The summed E-state index contributed by atoms with van der Waals surface area (Å²) in [5, 5.41) is 4.28. The summed E-state index contributed by atoms with van der Waals surface area (Å²) in [6.45, 7) is 1.64. The number of benzene rings is 1. The molecule has 12 heteroatoms. The van der Waals surface area contributed by atoms with Gasteiger partial charge in [-0.1, -0.05) is 53.0 Å². The predicted octanol–water partition coefficient (Wildman–Crippen LogP) is 4.90. The van der Waals surface area contributed by atoms with Crippen molar-refractivity contribution in [3.05, 3.63) is 69.9 Å². The average Bonchev–Trinajstić information content (AvgIpc) is 3.68. The molecule has 1 N–H and O–H groups in total. The van der Waals surface area contributed by atoms with E-state index in [1.54, 1.807) is 18.5 Å². The first-order valence-corrected chi connectivity index (χ1v) is 15.2. The molecular formula is C33H29ClN8O3. The van der Waals surface area contributed by atoms with Crippen LogP contribution in [0.4, 0.5) is 5.95 Å². The van der Waals surface area contributed by atoms with Crippen molar-refractivity contribution in [1.29, 1.82) is 0 Å². The Morgan fingerprint density at radius 1 is 1.04 bits per heavy atom. The first-order chi connectivity index (χ1) is 22.0. The second-order valence-electron chi connectivity index (χ2n) is 11.3. The van der Waals surface area contributed by atoms with Crippen LogP contribution >= 0.6 is 11.6 Å². The van der Waals surface area contributed by atoms with Crippen LogP contribution in [0.1, 0.15) is 37.3 Å². The highest BCUT2D eigenvalue weighted by atomic mass is 35.5. The minimum atomic E-state index is -0.715. The van der Waals surface area contributed by atoms with Crippen molar-refractivity contribution in [1.82, 2.24) is 34.6 Å². The van der Waals surface area contributed by atoms with Crippen molar-refractivity contribution in [2.75, 3.05) is 18.1 Å². The number of morpholine rings is 1. The smallest absolute Gasteiger partial charge is 0.361 e. The maximum absolute atomic E-state index is 11.9. The van der Waals surface area contributed by atoms with Gasteiger partial charge in [0.05, 0.1) is 17.7 Å². The van der Waals surface area contributed by atoms with Crippen LogP contribution in [0.3, 0.4) is 0 Å². The van der Waals surface area contributed by atoms with Gasteiger partial charge in [0.25, 0.3) is 0 Å². The molecule has 2 fully saturated rings. The van der Waals surface area contributed by atoms with E-state index in [4.69, 9.17) is 48.7 Å². The quantitative estimate of drug-likeness (QED) is 0.264. The third kappa shape index (κ3) is 5.57. The number of rotatable bonds is 6. The molecule has 5 heterocycles. The van der Waals surface area contributed by atoms with Gasteiger partial charge in [0, 0.05) is 37.0 Å². The Labute approximate surface area is 264 Å². The van der Waals surface area contributed by atoms with E-state index in [1.807, 2.05) is 30.3 Å². The summed E-state index contributed by atoms with van der Waals surface area (Å²) in [6.07, 6.45) is 18.5. The maximum atomic E-state index is 11.9. The number of hydrogen-bond donors (Lipinski definition) is 1. The van der Waals surface area contributed by atoms with Crippen LogP contribution in [0.2, 0.25) is 5.02 Å². The largest absolute Gasteiger partial charge is 0.439 e. The van der Waals surface area contributed by atoms with Crippen LogP contribution in [0.25, 0.3) is 34.1 Å². The molecule has 226 valence electrons. The van der Waals surface area contributed by atoms with Gasteiger partial charge in [0.2, 0.25) is 17.6 Å². The van der Waals surface area contributed by atoms with Gasteiger partial charge in [0.1, 0.15) is 17.3 Å². The minimum absolute atomic E-state index is 0.0859. The van der Waals surface area contributed by atoms with E-state index in [-0.39, 0.29) is 17.7 Å². The fourth-order valence-corrected chi connectivity index (χ4v) is 6.58. The zero-order chi connectivity index (χ0) is 30.9. The molecule has 1 aliphatic carbocycles. The van der Waals surface area contributed by atoms with Crippen LogP contribution in [-0.2, 0) is 11.3 Å². The Kier molecular flexibility index (Phi) is 7.80. The van der Waals surface area contributed by atoms with Gasteiger partial charge in [-0.2, -0.15) is 4.98 Å². The Balaban J connectivity index is 1.46. The minimum Gasteiger partial charge on any atom is -0.361 e. The molecule has 0 spiro atoms. The van der Waals surface area contributed by atoms with E-state index in [0.717, 1.165) is 31.2 Å². The van der Waals surface area contributed by atoms with Gasteiger partial charge in [-0.3, -0.25) is 14.5 Å². The molecule has 45 heavy (non-hydrogen) atoms. The van der Waals surface area contributed by atoms with E-state index in [1.165, 1.54) is 0 Å². The molecule has 11 nitrogen and oxygen atoms in total. The lowest BCUT2D eigenvalue weighted by atomic mass is 9.82. The molecule has 0 amide bonds. The maximum Gasteiger partial charge on any atom is 0.439 e. The zero-order valence-corrected chi connectivity index (χ0v) is 25.0. The number of aromatic amines is 1. The van der Waals surface area contributed by atoms with E-state index >= 15 is 0 Å². The van der Waals surface area contributed by atoms with E-state index in [2.05, 4.69) is 36.4 Å². The zero-order valence-electron chi connectivity index (χ0n) is 24.3. The monoisotopic (exact) mass is 620 g/mol. The Hall–Kier alpha value is -4.97. The molecule has 1 aliphatic heterocycles. The van der Waals surface area contributed by atoms with Crippen LogP contribution in [0.5, 0.6) is 0 Å². The fourth-order valence-electron chi connectivity index (χ4n) is 6.40. The molecule has 7 rings (SSSR count). The molecule has 1 saturated heterocycles. The molecule has 0 unspecified atom stereocenters. The van der Waals surface area contributed by atoms with Crippen molar-refractivity contribution in [2.45, 2.75) is 44.4 Å². The number of pyridine rings is 1. The van der Waals surface area contributed by atoms with Crippen LogP contribution in [0.15, 0.2) is 58.1 Å². The molecule has 0 radical (unpaired) electrons. The SMILES string of the molecule is C#C[C@@H]1OCCN(c2nc3nc(-c4noc(=O)[nH]4)nc(-c4cncc(Cl)c4)c3n2C[C@H]2CC[C@H](C#C)CC2)[C@@H]1c1ccccc1. The van der Waals surface area contributed by atoms with Gasteiger partial charge in [-0.05, 0) is 43.2 Å². The van der Waals surface area contributed by atoms with Crippen LogP contribution in [0, 0.1) is 36.5 Å². The number of imidazole rings is 1. The summed E-state index contributed by atoms with van der Waals surface area (Å²) in [7, 11) is 0. The van der Waals surface area contributed by atoms with Gasteiger partial charge >= 0.3 is 5.76 Å². The summed E-state index contributed by atoms with van der Waals surface area (Å²) < 4.78 is 13.0. The first kappa shape index (κ1) is 28.8. The Morgan fingerprint density at radius 2 is 1.87 bits per heavy atom. The van der Waals surface area contributed by atoms with E-state index in [0.29, 0.717) is 64.9 Å². The van der Waals surface area contributed by atoms with Crippen molar-refractivity contribution in [2.24, 2.45) is 11.8 Å². The van der Waals surface area contributed by atoms with Crippen molar-refractivity contribution in [3.63, 3.8) is 0 Å². The summed E-state index contributed by atoms with van der Waals surface area (Å²) in [5.41, 5.74) is 3.34. The van der Waals surface area contributed by atoms with Gasteiger partial charge < -0.3 is 14.2 Å². The molecular weight excluding hydrogens is 592 g/mol. The molecule has 1 saturated carbocycles. The normalized spacial score (nSPS) is 21.8. The molecule has 2 atom stereocenters. The van der Waals surface area contributed by atoms with Gasteiger partial charge in [-0.15, -0.1) is 18.8 Å². The number of fused-ring (bicyclic) bond motifs is 1. The number of nitrogens with one attached hydrogen (secondary N) is 1. The van der Waals surface area contributed by atoms with Crippen LogP contribution < -0.4 is 10.7 Å². The topological polar surface area (TPSA) is 128 Å². The number of ether oxygens (including phenoxy) is 1. The van der Waals surface area contributed by atoms with E-state index < -0.39 is 11.9 Å². The summed E-state index contributed by atoms with van der Waals surface area (Å²) in [4.78, 5) is 35.7. The molecule has 1 aromatic carbocycles. The molecule has 0 bridgehead atoms. The van der Waals surface area contributed by atoms with Crippen LogP contribution in [-0.4, -0.2) is 53.9 Å². The number of anilines is 1. The lowest BCUT2D eigenvalue weighted by Gasteiger charge is -2.40. The Morgan fingerprint density at radius 3 is 2.58 bits per heavy atom. The Bertz CT molecular complexity index is 1980. The first-order valence-electron chi connectivity index (χ1n) is 14.8. The second-order valence-corrected chi connectivity index (χ2v) is 11.8. The fraction of sp³-hybridized carbons (Fsp3) is 0.333. The van der Waals surface area contributed by atoms with E-state index in [9.17, 15) is 4.79 Å². The number of halogens is 1. The number of nitrogens with zero attached hydrogens (tertiary/aromatic N) is 7. The highest BCUT2D eigenvalue weighted by Gasteiger charge is 2.37. The summed E-state index contributed by atoms with van der Waals surface area (Å²) in [6, 6.07) is 11.5. The molecule has 2 aliphatic rings. The molecule has 5 aromatic rings. The second kappa shape index (κ2) is 12.2. The standard InChI is InChI=1S/C33H29ClN8O3/c1-3-20-10-12-21(13-11-20)19-42-28-26(23-16-24(34)18-35-17-23)36-30(31-39-33(43)45-40-31)37-29(28)38-32(42)41-14-15-44-25(4-2)27(41)22-8-6-5-7-9-22/h1-2,5-9,16-18,20-21,25,27H,10-15,19H2,(H,39,40,43)/t20-,21-,25-,27+/m0/s1. The summed E-state index contributed by atoms with van der Waals surface area (Å²) in [5.74, 6) is 6.64. The number of terminal acetylenes is 2. The molecule has 4 aromatic heterocycles. The number of hydrogen-bond acceptors (Lipinski definition) is 9. The summed E-state index contributed by atoms with van der Waals surface area (Å²) >= 11 is 6.41. The van der Waals surface area contributed by atoms with Crippen molar-refractivity contribution in [3.8, 4) is 47.6 Å². The third-order valence-electron chi connectivity index (χ3n) is 8.55. The van der Waals surface area contributed by atoms with Gasteiger partial charge in [-0.25, -0.2) is 14.8 Å². The average molecular weight is 621 g/mol.